The zero-order valence-electron chi connectivity index (χ0n) is 15.8. The number of likely N-dealkylation sites (tertiary alicyclic amines) is 1. The molecule has 3 aliphatic heterocycles. The average molecular weight is 405 g/mol. The van der Waals surface area contributed by atoms with Crippen molar-refractivity contribution in [1.82, 2.24) is 10.2 Å². The van der Waals surface area contributed by atoms with Crippen molar-refractivity contribution in [3.05, 3.63) is 23.3 Å². The summed E-state index contributed by atoms with van der Waals surface area (Å²) in [5, 5.41) is 33.1. The topological polar surface area (TPSA) is 156 Å². The monoisotopic (exact) mass is 405 g/mol. The molecule has 0 aromatic heterocycles. The SMILES string of the molecule is [NH3+]C(=O)[C@@H]1C[C@@H](N2CC(Oc3ccc4c(c3C(=O)O)O[B-](O)(O)[C@H]3C[C@@H]43)C2)CN1. The van der Waals surface area contributed by atoms with Crippen molar-refractivity contribution >= 4 is 18.6 Å². The molecule has 3 heterocycles. The van der Waals surface area contributed by atoms with E-state index in [1.807, 2.05) is 0 Å². The van der Waals surface area contributed by atoms with Gasteiger partial charge in [-0.2, -0.15) is 0 Å². The quantitative estimate of drug-likeness (QED) is 0.354. The number of carbonyl (C=O) groups is 2. The Hall–Kier alpha value is -2.18. The van der Waals surface area contributed by atoms with Crippen molar-refractivity contribution in [2.45, 2.75) is 42.8 Å². The number of nitrogens with one attached hydrogen (secondary N) is 1. The van der Waals surface area contributed by atoms with Crippen LogP contribution in [0.3, 0.4) is 0 Å². The summed E-state index contributed by atoms with van der Waals surface area (Å²) in [6, 6.07) is 3.42. The maximum atomic E-state index is 11.9. The van der Waals surface area contributed by atoms with Crippen molar-refractivity contribution in [1.29, 1.82) is 0 Å². The Labute approximate surface area is 166 Å². The van der Waals surface area contributed by atoms with E-state index in [2.05, 4.69) is 16.0 Å². The van der Waals surface area contributed by atoms with Gasteiger partial charge in [-0.15, -0.1) is 0 Å². The maximum Gasteiger partial charge on any atom is 0.434 e. The minimum Gasteiger partial charge on any atom is -0.669 e. The fourth-order valence-electron chi connectivity index (χ4n) is 4.88. The standard InChI is InChI=1S/C18H23BN3O7/c20-17(23)13-3-8(5-21-13)22-6-9(7-22)28-14-2-1-10-11-4-12(11)19(26,27)29-16(10)15(14)18(24)25/h1-2,8-9,11-13,21,26-27H,3-7H2,(H2,20,23)(H,24,25)/q-1/p+1/t8-,11+,12+,13+/m1/s1. The molecule has 4 aliphatic rings. The van der Waals surface area contributed by atoms with Crippen molar-refractivity contribution in [2.24, 2.45) is 0 Å². The van der Waals surface area contributed by atoms with Crippen LogP contribution < -0.4 is 20.4 Å². The molecule has 4 atom stereocenters. The third-order valence-electron chi connectivity index (χ3n) is 6.63. The molecular weight excluding hydrogens is 381 g/mol. The second-order valence-corrected chi connectivity index (χ2v) is 8.56. The molecule has 3 fully saturated rings. The second kappa shape index (κ2) is 6.41. The Kier molecular flexibility index (Phi) is 4.16. The zero-order chi connectivity index (χ0) is 20.5. The number of carbonyl (C=O) groups excluding carboxylic acids is 1. The van der Waals surface area contributed by atoms with E-state index in [1.165, 1.54) is 0 Å². The van der Waals surface area contributed by atoms with E-state index < -0.39 is 12.7 Å². The Morgan fingerprint density at radius 1 is 1.28 bits per heavy atom. The van der Waals surface area contributed by atoms with Crippen LogP contribution in [0.25, 0.3) is 0 Å². The van der Waals surface area contributed by atoms with Crippen molar-refractivity contribution < 1.29 is 39.9 Å². The van der Waals surface area contributed by atoms with Gasteiger partial charge in [0.25, 0.3) is 0 Å². The number of quaternary nitrogens is 1. The summed E-state index contributed by atoms with van der Waals surface area (Å²) in [5.41, 5.74) is 3.99. The van der Waals surface area contributed by atoms with Gasteiger partial charge in [-0.1, -0.05) is 18.3 Å². The van der Waals surface area contributed by atoms with Gasteiger partial charge in [-0.05, 0) is 24.0 Å². The molecule has 2 saturated heterocycles. The number of amides is 1. The van der Waals surface area contributed by atoms with Crippen LogP contribution in [-0.4, -0.2) is 76.5 Å². The number of nitrogens with zero attached hydrogens (tertiary/aromatic N) is 1. The third-order valence-corrected chi connectivity index (χ3v) is 6.63. The molecule has 0 spiro atoms. The first-order valence-corrected chi connectivity index (χ1v) is 9.93. The zero-order valence-corrected chi connectivity index (χ0v) is 15.8. The summed E-state index contributed by atoms with van der Waals surface area (Å²) in [4.78, 5) is 25.5. The first kappa shape index (κ1) is 18.8. The van der Waals surface area contributed by atoms with Gasteiger partial charge in [0.05, 0.1) is 5.75 Å². The fourth-order valence-corrected chi connectivity index (χ4v) is 4.88. The summed E-state index contributed by atoms with van der Waals surface area (Å²) in [7, 11) is 0. The van der Waals surface area contributed by atoms with Crippen molar-refractivity contribution in [2.75, 3.05) is 19.6 Å². The largest absolute Gasteiger partial charge is 0.669 e. The van der Waals surface area contributed by atoms with Gasteiger partial charge in [-0.25, -0.2) is 9.59 Å². The summed E-state index contributed by atoms with van der Waals surface area (Å²) < 4.78 is 11.3. The number of hydrogen-bond donors (Lipinski definition) is 5. The molecule has 29 heavy (non-hydrogen) atoms. The molecule has 156 valence electrons. The minimum atomic E-state index is -3.06. The Balaban J connectivity index is 1.30. The molecule has 1 saturated carbocycles. The van der Waals surface area contributed by atoms with E-state index >= 15 is 0 Å². The molecule has 7 N–H and O–H groups in total. The number of carboxylic acids is 1. The lowest BCUT2D eigenvalue weighted by Gasteiger charge is -2.43. The average Bonchev–Trinajstić information content (AvgIpc) is 3.28. The molecule has 0 bridgehead atoms. The Bertz CT molecular complexity index is 888. The van der Waals surface area contributed by atoms with E-state index in [9.17, 15) is 24.7 Å². The molecule has 1 amide bonds. The minimum absolute atomic E-state index is 0.00622. The maximum absolute atomic E-state index is 11.9. The predicted molar refractivity (Wildman–Crippen MR) is 99.4 cm³/mol. The molecule has 1 aromatic carbocycles. The van der Waals surface area contributed by atoms with Crippen LogP contribution in [0.2, 0.25) is 5.82 Å². The Morgan fingerprint density at radius 2 is 2.03 bits per heavy atom. The van der Waals surface area contributed by atoms with Gasteiger partial charge in [0.1, 0.15) is 23.5 Å². The molecule has 5 rings (SSSR count). The van der Waals surface area contributed by atoms with E-state index in [0.29, 0.717) is 38.0 Å². The number of carboxylic acid groups (broad SMARTS) is 1. The van der Waals surface area contributed by atoms with E-state index in [0.717, 1.165) is 0 Å². The summed E-state index contributed by atoms with van der Waals surface area (Å²) in [6.45, 7) is -1.09. The molecule has 1 aliphatic carbocycles. The van der Waals surface area contributed by atoms with Crippen LogP contribution in [0.15, 0.2) is 12.1 Å². The lowest BCUT2D eigenvalue weighted by molar-refractivity contribution is -0.308. The number of benzene rings is 1. The lowest BCUT2D eigenvalue weighted by Crippen LogP contribution is -2.64. The van der Waals surface area contributed by atoms with Crippen LogP contribution in [-0.2, 0) is 4.79 Å². The predicted octanol–water partition coefficient (Wildman–Crippen LogP) is -1.88. The molecule has 11 heteroatoms. The van der Waals surface area contributed by atoms with Crippen LogP contribution >= 0.6 is 0 Å². The molecular formula is C18H24BN3O7. The normalized spacial score (nSPS) is 32.5. The van der Waals surface area contributed by atoms with Crippen molar-refractivity contribution in [3.63, 3.8) is 0 Å². The van der Waals surface area contributed by atoms with Crippen LogP contribution in [0, 0.1) is 0 Å². The van der Waals surface area contributed by atoms with Gasteiger partial charge in [-0.3, -0.25) is 10.6 Å². The van der Waals surface area contributed by atoms with E-state index in [1.54, 1.807) is 12.1 Å². The highest BCUT2D eigenvalue weighted by molar-refractivity contribution is 6.62. The highest BCUT2D eigenvalue weighted by Crippen LogP contribution is 2.63. The molecule has 1 aromatic rings. The molecule has 0 unspecified atom stereocenters. The number of ether oxygens (including phenoxy) is 1. The molecule has 0 radical (unpaired) electrons. The van der Waals surface area contributed by atoms with Crippen LogP contribution in [0.5, 0.6) is 11.5 Å². The van der Waals surface area contributed by atoms with Crippen LogP contribution in [0.1, 0.15) is 34.7 Å². The summed E-state index contributed by atoms with van der Waals surface area (Å²) in [5.74, 6) is -1.61. The van der Waals surface area contributed by atoms with Gasteiger partial charge >= 0.3 is 18.6 Å². The Morgan fingerprint density at radius 3 is 2.69 bits per heavy atom. The third kappa shape index (κ3) is 3.09. The number of fused-ring (bicyclic) bond motifs is 3. The van der Waals surface area contributed by atoms with Gasteiger partial charge in [0.15, 0.2) is 0 Å². The van der Waals surface area contributed by atoms with Gasteiger partial charge in [0, 0.05) is 25.7 Å². The second-order valence-electron chi connectivity index (χ2n) is 8.56. The first-order chi connectivity index (χ1) is 13.7. The number of hydrogen-bond acceptors (Lipinski definition) is 8. The fraction of sp³-hybridized carbons (Fsp3) is 0.556. The summed E-state index contributed by atoms with van der Waals surface area (Å²) in [6.07, 6.45) is 1.10. The highest BCUT2D eigenvalue weighted by atomic mass is 16.6. The van der Waals surface area contributed by atoms with Crippen molar-refractivity contribution in [3.8, 4) is 11.5 Å². The van der Waals surface area contributed by atoms with Crippen LogP contribution in [0.4, 0.5) is 0 Å². The van der Waals surface area contributed by atoms with Gasteiger partial charge in [0.2, 0.25) is 0 Å². The highest BCUT2D eigenvalue weighted by Gasteiger charge is 2.55. The smallest absolute Gasteiger partial charge is 0.434 e. The van der Waals surface area contributed by atoms with Gasteiger partial charge < -0.3 is 29.9 Å². The van der Waals surface area contributed by atoms with E-state index in [4.69, 9.17) is 9.39 Å². The van der Waals surface area contributed by atoms with E-state index in [-0.39, 0.29) is 52.9 Å². The molecule has 10 nitrogen and oxygen atoms in total. The lowest BCUT2D eigenvalue weighted by atomic mass is 9.68. The number of aromatic carboxylic acids is 1. The number of rotatable bonds is 5. The summed E-state index contributed by atoms with van der Waals surface area (Å²) >= 11 is 0. The first-order valence-electron chi connectivity index (χ1n) is 9.93.